The number of fused-ring (bicyclic) bond motifs is 1. The lowest BCUT2D eigenvalue weighted by Gasteiger charge is -2.28. The predicted octanol–water partition coefficient (Wildman–Crippen LogP) is 4.26. The number of pyridine rings is 1. The Labute approximate surface area is 203 Å². The van der Waals surface area contributed by atoms with E-state index in [4.69, 9.17) is 0 Å². The van der Waals surface area contributed by atoms with Crippen LogP contribution in [0.1, 0.15) is 39.5 Å². The Bertz CT molecular complexity index is 1320. The molecule has 1 aliphatic rings. The molecule has 0 amide bonds. The average molecular weight is 510 g/mol. The Hall–Kier alpha value is -2.63. The second-order valence-electron chi connectivity index (χ2n) is 9.30. The van der Waals surface area contributed by atoms with Crippen molar-refractivity contribution in [3.63, 3.8) is 0 Å². The van der Waals surface area contributed by atoms with Gasteiger partial charge in [-0.1, -0.05) is 11.8 Å². The Balaban J connectivity index is 1.56. The molecule has 4 rings (SSSR count). The highest BCUT2D eigenvalue weighted by Crippen LogP contribution is 2.35. The van der Waals surface area contributed by atoms with E-state index in [9.17, 15) is 27.9 Å². The summed E-state index contributed by atoms with van der Waals surface area (Å²) >= 11 is 1.28. The van der Waals surface area contributed by atoms with E-state index in [0.717, 1.165) is 5.39 Å². The van der Waals surface area contributed by atoms with E-state index in [-0.39, 0.29) is 40.8 Å². The highest BCUT2D eigenvalue weighted by Gasteiger charge is 2.35. The van der Waals surface area contributed by atoms with Crippen molar-refractivity contribution in [3.8, 4) is 5.69 Å². The van der Waals surface area contributed by atoms with Gasteiger partial charge in [-0.05, 0) is 63.8 Å². The van der Waals surface area contributed by atoms with Crippen molar-refractivity contribution < 1.29 is 23.0 Å². The van der Waals surface area contributed by atoms with Crippen molar-refractivity contribution in [2.45, 2.75) is 74.4 Å². The summed E-state index contributed by atoms with van der Waals surface area (Å²) in [7, 11) is 0. The largest absolute Gasteiger partial charge is 0.522 e. The maximum Gasteiger partial charge on any atom is 0.522 e. The van der Waals surface area contributed by atoms with Gasteiger partial charge in [-0.25, -0.2) is 4.98 Å². The first-order valence-electron chi connectivity index (χ1n) is 11.2. The van der Waals surface area contributed by atoms with Gasteiger partial charge in [0.1, 0.15) is 0 Å². The van der Waals surface area contributed by atoms with Gasteiger partial charge in [0.2, 0.25) is 0 Å². The molecule has 0 unspecified atom stereocenters. The molecule has 7 nitrogen and oxygen atoms in total. The van der Waals surface area contributed by atoms with E-state index in [0.29, 0.717) is 24.0 Å². The third-order valence-corrected chi connectivity index (χ3v) is 7.11. The number of hydrogen-bond donors (Lipinski definition) is 1. The van der Waals surface area contributed by atoms with Gasteiger partial charge >= 0.3 is 6.36 Å². The molecule has 0 spiro atoms. The highest BCUT2D eigenvalue weighted by molar-refractivity contribution is 7.99. The lowest BCUT2D eigenvalue weighted by atomic mass is 9.97. The van der Waals surface area contributed by atoms with Gasteiger partial charge in [-0.2, -0.15) is 0 Å². The Morgan fingerprint density at radius 3 is 2.49 bits per heavy atom. The number of aliphatic hydroxyl groups is 1. The molecule has 0 atom stereocenters. The van der Waals surface area contributed by atoms with Crippen LogP contribution in [-0.2, 0) is 11.3 Å². The van der Waals surface area contributed by atoms with Crippen LogP contribution in [0.25, 0.3) is 16.6 Å². The molecule has 1 fully saturated rings. The van der Waals surface area contributed by atoms with Crippen LogP contribution in [0.4, 0.5) is 13.2 Å². The van der Waals surface area contributed by atoms with Crippen LogP contribution in [0.5, 0.6) is 0 Å². The van der Waals surface area contributed by atoms with E-state index in [1.807, 2.05) is 0 Å². The second kappa shape index (κ2) is 9.79. The van der Waals surface area contributed by atoms with Crippen molar-refractivity contribution in [3.05, 3.63) is 63.4 Å². The normalized spacial score (nSPS) is 19.3. The summed E-state index contributed by atoms with van der Waals surface area (Å²) in [6.45, 7) is 3.37. The predicted molar refractivity (Wildman–Crippen MR) is 127 cm³/mol. The smallest absolute Gasteiger partial charge is 0.389 e. The van der Waals surface area contributed by atoms with Crippen molar-refractivity contribution in [1.82, 2.24) is 14.1 Å². The molecule has 0 saturated heterocycles. The van der Waals surface area contributed by atoms with Crippen LogP contribution in [0.3, 0.4) is 0 Å². The zero-order chi connectivity index (χ0) is 25.4. The van der Waals surface area contributed by atoms with E-state index in [2.05, 4.69) is 9.72 Å². The first-order valence-corrected chi connectivity index (χ1v) is 12.1. The van der Waals surface area contributed by atoms with Crippen LogP contribution >= 0.6 is 11.8 Å². The molecule has 2 heterocycles. The molecule has 0 bridgehead atoms. The Morgan fingerprint density at radius 2 is 1.83 bits per heavy atom. The van der Waals surface area contributed by atoms with Crippen LogP contribution in [0.15, 0.2) is 57.3 Å². The van der Waals surface area contributed by atoms with Gasteiger partial charge in [0, 0.05) is 34.8 Å². The van der Waals surface area contributed by atoms with Gasteiger partial charge in [-0.3, -0.25) is 18.9 Å². The SMILES string of the molecule is CC(C)(O)Cn1c(=O)ccc2cc(-n3ccnc(SC4CCC(OC(F)(F)F)CC4)c3=O)ccc21. The minimum Gasteiger partial charge on any atom is -0.389 e. The first kappa shape index (κ1) is 25.5. The average Bonchev–Trinajstić information content (AvgIpc) is 2.76. The summed E-state index contributed by atoms with van der Waals surface area (Å²) in [6, 6.07) is 8.33. The number of benzene rings is 1. The molecule has 3 aromatic rings. The van der Waals surface area contributed by atoms with Gasteiger partial charge in [-0.15, -0.1) is 13.2 Å². The fourth-order valence-corrected chi connectivity index (χ4v) is 5.43. The quantitative estimate of drug-likeness (QED) is 0.535. The molecule has 35 heavy (non-hydrogen) atoms. The van der Waals surface area contributed by atoms with E-state index < -0.39 is 18.1 Å². The van der Waals surface area contributed by atoms with Gasteiger partial charge in [0.25, 0.3) is 11.1 Å². The number of rotatable bonds is 6. The molecule has 2 aromatic heterocycles. The maximum absolute atomic E-state index is 13.2. The topological polar surface area (TPSA) is 86.3 Å². The molecule has 0 radical (unpaired) electrons. The Morgan fingerprint density at radius 1 is 1.11 bits per heavy atom. The molecule has 188 valence electrons. The summed E-state index contributed by atoms with van der Waals surface area (Å²) in [5.74, 6) is 0. The summed E-state index contributed by atoms with van der Waals surface area (Å²) < 4.78 is 44.4. The standard InChI is InChI=1S/C24H26F3N3O4S/c1-23(2,33)14-30-19-9-4-16(13-15(19)3-10-20(30)31)29-12-11-28-21(22(29)32)35-18-7-5-17(6-8-18)34-24(25,26)27/h3-4,9-13,17-18,33H,5-8,14H2,1-2H3. The van der Waals surface area contributed by atoms with Crippen LogP contribution in [-0.4, -0.2) is 42.5 Å². The van der Waals surface area contributed by atoms with Crippen LogP contribution in [0.2, 0.25) is 0 Å². The van der Waals surface area contributed by atoms with Gasteiger partial charge in [0.05, 0.1) is 23.8 Å². The van der Waals surface area contributed by atoms with Crippen molar-refractivity contribution in [2.24, 2.45) is 0 Å². The zero-order valence-electron chi connectivity index (χ0n) is 19.3. The number of thioether (sulfide) groups is 1. The third-order valence-electron chi connectivity index (χ3n) is 5.81. The molecule has 1 saturated carbocycles. The van der Waals surface area contributed by atoms with Gasteiger partial charge < -0.3 is 9.67 Å². The van der Waals surface area contributed by atoms with Gasteiger partial charge in [0.15, 0.2) is 5.03 Å². The molecule has 1 aliphatic carbocycles. The van der Waals surface area contributed by atoms with Crippen LogP contribution < -0.4 is 11.1 Å². The molecule has 1 aromatic carbocycles. The van der Waals surface area contributed by atoms with Crippen molar-refractivity contribution >= 4 is 22.7 Å². The molecular weight excluding hydrogens is 483 g/mol. The number of alkyl halides is 3. The third kappa shape index (κ3) is 6.33. The van der Waals surface area contributed by atoms with E-state index in [1.165, 1.54) is 33.2 Å². The minimum atomic E-state index is -4.64. The fourth-order valence-electron chi connectivity index (χ4n) is 4.28. The minimum absolute atomic E-state index is 0.0213. The fraction of sp³-hybridized carbons (Fsp3) is 0.458. The maximum atomic E-state index is 13.2. The number of nitrogens with zero attached hydrogens (tertiary/aromatic N) is 3. The summed E-state index contributed by atoms with van der Waals surface area (Å²) in [5, 5.41) is 11.2. The molecule has 11 heteroatoms. The number of ether oxygens (including phenoxy) is 1. The number of hydrogen-bond acceptors (Lipinski definition) is 6. The monoisotopic (exact) mass is 509 g/mol. The van der Waals surface area contributed by atoms with E-state index >= 15 is 0 Å². The molecule has 1 N–H and O–H groups in total. The molecular formula is C24H26F3N3O4S. The lowest BCUT2D eigenvalue weighted by Crippen LogP contribution is -2.32. The van der Waals surface area contributed by atoms with Crippen molar-refractivity contribution in [1.29, 1.82) is 0 Å². The lowest BCUT2D eigenvalue weighted by molar-refractivity contribution is -0.345. The number of aromatic nitrogens is 3. The highest BCUT2D eigenvalue weighted by atomic mass is 32.2. The first-order chi connectivity index (χ1) is 16.4. The zero-order valence-corrected chi connectivity index (χ0v) is 20.1. The molecule has 0 aliphatic heterocycles. The van der Waals surface area contributed by atoms with E-state index in [1.54, 1.807) is 44.3 Å². The summed E-state index contributed by atoms with van der Waals surface area (Å²) in [4.78, 5) is 29.7. The van der Waals surface area contributed by atoms with Crippen LogP contribution in [0, 0.1) is 0 Å². The summed E-state index contributed by atoms with van der Waals surface area (Å²) in [6.07, 6.45) is -0.881. The van der Waals surface area contributed by atoms with Crippen molar-refractivity contribution in [2.75, 3.05) is 0 Å². The summed E-state index contributed by atoms with van der Waals surface area (Å²) in [5.41, 5.74) is -0.415. The second-order valence-corrected chi connectivity index (χ2v) is 10.6. The Kier molecular flexibility index (Phi) is 7.12. The number of halogens is 3.